The Labute approximate surface area is 71.4 Å². The third-order valence-electron chi connectivity index (χ3n) is 1.68. The number of allylic oxidation sites excluding steroid dienone is 2. The van der Waals surface area contributed by atoms with Crippen LogP contribution in [-0.4, -0.2) is 30.5 Å². The molecule has 0 aromatic rings. The first-order chi connectivity index (χ1) is 5.49. The van der Waals surface area contributed by atoms with Crippen LogP contribution in [0, 0.1) is 0 Å². The van der Waals surface area contributed by atoms with E-state index in [0.717, 1.165) is 5.57 Å². The smallest absolute Gasteiger partial charge is 0.272 e. The Morgan fingerprint density at radius 1 is 1.58 bits per heavy atom. The number of nitrogens with zero attached hydrogens (tertiary/aromatic N) is 1. The molecule has 0 aliphatic carbocycles. The van der Waals surface area contributed by atoms with E-state index >= 15 is 0 Å². The summed E-state index contributed by atoms with van der Waals surface area (Å²) in [6.45, 7) is 5.94. The number of hydrogen-bond donors (Lipinski definition) is 0. The summed E-state index contributed by atoms with van der Waals surface area (Å²) in [7, 11) is 0. The summed E-state index contributed by atoms with van der Waals surface area (Å²) >= 11 is 0. The molecule has 68 valence electrons. The first-order valence-corrected chi connectivity index (χ1v) is 3.92. The van der Waals surface area contributed by atoms with E-state index < -0.39 is 5.92 Å². The predicted octanol–water partition coefficient (Wildman–Crippen LogP) is 2.07. The van der Waals surface area contributed by atoms with Crippen LogP contribution in [0.15, 0.2) is 24.3 Å². The molecular weight excluding hydrogens is 160 g/mol. The fourth-order valence-electron chi connectivity index (χ4n) is 1.14. The molecule has 0 aromatic carbocycles. The average Bonchev–Trinajstić information content (AvgIpc) is 1.82. The van der Waals surface area contributed by atoms with Crippen LogP contribution >= 0.6 is 0 Å². The maximum absolute atomic E-state index is 12.3. The lowest BCUT2D eigenvalue weighted by atomic mass is 10.1. The van der Waals surface area contributed by atoms with E-state index in [4.69, 9.17) is 0 Å². The molecule has 0 radical (unpaired) electrons. The molecule has 1 fully saturated rings. The molecule has 0 amide bonds. The second kappa shape index (κ2) is 3.35. The van der Waals surface area contributed by atoms with Crippen LogP contribution in [-0.2, 0) is 0 Å². The van der Waals surface area contributed by atoms with Gasteiger partial charge in [-0.2, -0.15) is 0 Å². The van der Waals surface area contributed by atoms with E-state index in [9.17, 15) is 8.78 Å². The van der Waals surface area contributed by atoms with Crippen molar-refractivity contribution in [1.29, 1.82) is 0 Å². The zero-order valence-corrected chi connectivity index (χ0v) is 7.19. The van der Waals surface area contributed by atoms with Crippen LogP contribution in [0.25, 0.3) is 0 Å². The molecule has 1 aliphatic rings. The minimum atomic E-state index is -2.45. The molecule has 0 unspecified atom stereocenters. The van der Waals surface area contributed by atoms with Gasteiger partial charge < -0.3 is 0 Å². The summed E-state index contributed by atoms with van der Waals surface area (Å²) in [4.78, 5) is 1.69. The van der Waals surface area contributed by atoms with Gasteiger partial charge >= 0.3 is 0 Å². The standard InChI is InChI=1S/C9H13F2N/c1-8(2)4-3-5-12-6-9(10,11)7-12/h3-4H,1,5-7H2,2H3/b4-3+. The molecule has 0 N–H and O–H groups in total. The molecule has 0 saturated carbocycles. The third kappa shape index (κ3) is 2.74. The second-order valence-electron chi connectivity index (χ2n) is 3.27. The van der Waals surface area contributed by atoms with Crippen molar-refractivity contribution in [3.63, 3.8) is 0 Å². The van der Waals surface area contributed by atoms with Gasteiger partial charge in [0.15, 0.2) is 0 Å². The summed E-state index contributed by atoms with van der Waals surface area (Å²) in [5.74, 6) is -2.45. The maximum Gasteiger partial charge on any atom is 0.272 e. The molecule has 1 aliphatic heterocycles. The van der Waals surface area contributed by atoms with Crippen LogP contribution in [0.2, 0.25) is 0 Å². The van der Waals surface area contributed by atoms with E-state index in [1.165, 1.54) is 0 Å². The number of hydrogen-bond acceptors (Lipinski definition) is 1. The molecule has 0 aromatic heterocycles. The number of rotatable bonds is 3. The van der Waals surface area contributed by atoms with Crippen LogP contribution in [0.5, 0.6) is 0 Å². The maximum atomic E-state index is 12.3. The normalized spacial score (nSPS) is 22.6. The van der Waals surface area contributed by atoms with E-state index in [0.29, 0.717) is 6.54 Å². The van der Waals surface area contributed by atoms with Gasteiger partial charge in [-0.1, -0.05) is 24.3 Å². The van der Waals surface area contributed by atoms with Crippen molar-refractivity contribution < 1.29 is 8.78 Å². The first-order valence-electron chi connectivity index (χ1n) is 3.92. The molecule has 0 bridgehead atoms. The summed E-state index contributed by atoms with van der Waals surface area (Å²) < 4.78 is 24.6. The molecule has 1 rings (SSSR count). The monoisotopic (exact) mass is 173 g/mol. The van der Waals surface area contributed by atoms with Crippen molar-refractivity contribution in [2.45, 2.75) is 12.8 Å². The lowest BCUT2D eigenvalue weighted by Gasteiger charge is -2.37. The highest BCUT2D eigenvalue weighted by molar-refractivity contribution is 5.11. The molecule has 1 nitrogen and oxygen atoms in total. The fraction of sp³-hybridized carbons (Fsp3) is 0.556. The van der Waals surface area contributed by atoms with Gasteiger partial charge in [-0.05, 0) is 6.92 Å². The summed E-state index contributed by atoms with van der Waals surface area (Å²) in [6.07, 6.45) is 3.70. The van der Waals surface area contributed by atoms with Crippen molar-refractivity contribution in [3.05, 3.63) is 24.3 Å². The molecule has 0 atom stereocenters. The van der Waals surface area contributed by atoms with E-state index in [1.807, 2.05) is 19.1 Å². The minimum absolute atomic E-state index is 0.104. The molecule has 3 heteroatoms. The van der Waals surface area contributed by atoms with Gasteiger partial charge in [-0.15, -0.1) is 0 Å². The van der Waals surface area contributed by atoms with E-state index in [1.54, 1.807) is 4.90 Å². The molecule has 1 heterocycles. The van der Waals surface area contributed by atoms with Crippen molar-refractivity contribution in [3.8, 4) is 0 Å². The van der Waals surface area contributed by atoms with Crippen molar-refractivity contribution in [2.75, 3.05) is 19.6 Å². The van der Waals surface area contributed by atoms with Gasteiger partial charge in [-0.25, -0.2) is 8.78 Å². The lowest BCUT2D eigenvalue weighted by molar-refractivity contribution is -0.125. The Kier molecular flexibility index (Phi) is 2.62. The van der Waals surface area contributed by atoms with Crippen LogP contribution in [0.1, 0.15) is 6.92 Å². The molecule has 1 saturated heterocycles. The average molecular weight is 173 g/mol. The summed E-state index contributed by atoms with van der Waals surface area (Å²) in [5.41, 5.74) is 0.947. The first kappa shape index (κ1) is 9.39. The summed E-state index contributed by atoms with van der Waals surface area (Å²) in [6, 6.07) is 0. The van der Waals surface area contributed by atoms with E-state index in [2.05, 4.69) is 6.58 Å². The third-order valence-corrected chi connectivity index (χ3v) is 1.68. The zero-order valence-electron chi connectivity index (χ0n) is 7.19. The number of halogens is 2. The second-order valence-corrected chi connectivity index (χ2v) is 3.27. The van der Waals surface area contributed by atoms with Crippen molar-refractivity contribution in [1.82, 2.24) is 4.90 Å². The van der Waals surface area contributed by atoms with Gasteiger partial charge in [-0.3, -0.25) is 4.90 Å². The Morgan fingerprint density at radius 3 is 2.58 bits per heavy atom. The Balaban J connectivity index is 2.16. The topological polar surface area (TPSA) is 3.24 Å². The Hall–Kier alpha value is -0.700. The van der Waals surface area contributed by atoms with Crippen molar-refractivity contribution in [2.24, 2.45) is 0 Å². The SMILES string of the molecule is C=C(C)/C=C/CN1CC(F)(F)C1. The summed E-state index contributed by atoms with van der Waals surface area (Å²) in [5, 5.41) is 0. The van der Waals surface area contributed by atoms with E-state index in [-0.39, 0.29) is 13.1 Å². The molecule has 12 heavy (non-hydrogen) atoms. The molecular formula is C9H13F2N. The number of likely N-dealkylation sites (tertiary alicyclic amines) is 1. The highest BCUT2D eigenvalue weighted by Gasteiger charge is 2.42. The van der Waals surface area contributed by atoms with Gasteiger partial charge in [0.05, 0.1) is 13.1 Å². The van der Waals surface area contributed by atoms with Crippen LogP contribution in [0.4, 0.5) is 8.78 Å². The lowest BCUT2D eigenvalue weighted by Crippen LogP contribution is -2.55. The van der Waals surface area contributed by atoms with Crippen molar-refractivity contribution >= 4 is 0 Å². The largest absolute Gasteiger partial charge is 0.288 e. The zero-order chi connectivity index (χ0) is 9.19. The van der Waals surface area contributed by atoms with Gasteiger partial charge in [0.1, 0.15) is 0 Å². The van der Waals surface area contributed by atoms with Gasteiger partial charge in [0, 0.05) is 6.54 Å². The Morgan fingerprint density at radius 2 is 2.17 bits per heavy atom. The van der Waals surface area contributed by atoms with Gasteiger partial charge in [0.25, 0.3) is 5.92 Å². The quantitative estimate of drug-likeness (QED) is 0.590. The predicted molar refractivity (Wildman–Crippen MR) is 45.3 cm³/mol. The fourth-order valence-corrected chi connectivity index (χ4v) is 1.14. The Bertz CT molecular complexity index is 201. The number of alkyl halides is 2. The minimum Gasteiger partial charge on any atom is -0.288 e. The van der Waals surface area contributed by atoms with Gasteiger partial charge in [0.2, 0.25) is 0 Å². The highest BCUT2D eigenvalue weighted by atomic mass is 19.3. The van der Waals surface area contributed by atoms with Crippen LogP contribution < -0.4 is 0 Å². The van der Waals surface area contributed by atoms with Crippen LogP contribution in [0.3, 0.4) is 0 Å². The molecule has 0 spiro atoms. The highest BCUT2D eigenvalue weighted by Crippen LogP contribution is 2.25.